The maximum Gasteiger partial charge on any atom is 0.422 e. The molecule has 1 aliphatic rings. The van der Waals surface area contributed by atoms with Crippen LogP contribution in [0.3, 0.4) is 0 Å². The highest BCUT2D eigenvalue weighted by Gasteiger charge is 2.30. The van der Waals surface area contributed by atoms with Crippen LogP contribution in [0, 0.1) is 29.2 Å². The summed E-state index contributed by atoms with van der Waals surface area (Å²) in [6, 6.07) is 6.98. The largest absolute Gasteiger partial charge is 0.478 e. The first-order valence-electron chi connectivity index (χ1n) is 11.8. The van der Waals surface area contributed by atoms with Crippen LogP contribution in [-0.4, -0.2) is 12.8 Å². The van der Waals surface area contributed by atoms with Gasteiger partial charge in [0.2, 0.25) is 0 Å². The molecule has 3 aromatic rings. The lowest BCUT2D eigenvalue weighted by Crippen LogP contribution is -2.20. The molecule has 8 heteroatoms. The predicted octanol–water partition coefficient (Wildman–Crippen LogP) is 9.24. The smallest absolute Gasteiger partial charge is 0.422 e. The van der Waals surface area contributed by atoms with Gasteiger partial charge in [-0.15, -0.1) is 6.58 Å². The van der Waals surface area contributed by atoms with Crippen LogP contribution < -0.4 is 4.74 Å². The third kappa shape index (κ3) is 5.68. The van der Waals surface area contributed by atoms with E-state index in [1.165, 1.54) is 24.3 Å². The Bertz CT molecular complexity index is 1230. The first-order chi connectivity index (χ1) is 17.1. The van der Waals surface area contributed by atoms with E-state index in [1.54, 1.807) is 0 Å². The SMILES string of the molecule is C=CCCC1CCC(c2cc(F)c(-c3ccc4c(F)c(OCC(F)(F)F)c(F)cc4c3)c(F)c2)CC1. The van der Waals surface area contributed by atoms with Crippen LogP contribution in [0.4, 0.5) is 30.7 Å². The minimum atomic E-state index is -4.77. The number of fused-ring (bicyclic) bond motifs is 1. The average molecular weight is 510 g/mol. The molecule has 0 spiro atoms. The van der Waals surface area contributed by atoms with E-state index in [9.17, 15) is 22.0 Å². The van der Waals surface area contributed by atoms with E-state index < -0.39 is 41.8 Å². The van der Waals surface area contributed by atoms with Crippen molar-refractivity contribution in [2.45, 2.75) is 50.6 Å². The van der Waals surface area contributed by atoms with Crippen LogP contribution in [-0.2, 0) is 0 Å². The molecule has 0 heterocycles. The zero-order chi connectivity index (χ0) is 26.0. The number of hydrogen-bond donors (Lipinski definition) is 0. The number of benzene rings is 3. The van der Waals surface area contributed by atoms with E-state index in [1.807, 2.05) is 6.08 Å². The van der Waals surface area contributed by atoms with E-state index in [0.29, 0.717) is 11.5 Å². The van der Waals surface area contributed by atoms with Crippen molar-refractivity contribution in [3.8, 4) is 16.9 Å². The number of hydrogen-bond acceptors (Lipinski definition) is 1. The van der Waals surface area contributed by atoms with Crippen molar-refractivity contribution in [2.24, 2.45) is 5.92 Å². The molecule has 1 nitrogen and oxygen atoms in total. The van der Waals surface area contributed by atoms with Crippen LogP contribution in [0.25, 0.3) is 21.9 Å². The molecular weight excluding hydrogens is 485 g/mol. The van der Waals surface area contributed by atoms with Gasteiger partial charge in [-0.1, -0.05) is 18.2 Å². The summed E-state index contributed by atoms with van der Waals surface area (Å²) in [4.78, 5) is 0. The van der Waals surface area contributed by atoms with Gasteiger partial charge >= 0.3 is 6.18 Å². The number of rotatable bonds is 7. The van der Waals surface area contributed by atoms with Crippen molar-refractivity contribution < 1.29 is 35.5 Å². The molecule has 4 rings (SSSR count). The molecule has 1 fully saturated rings. The topological polar surface area (TPSA) is 9.23 Å². The Kier molecular flexibility index (Phi) is 7.62. The third-order valence-corrected chi connectivity index (χ3v) is 6.82. The Morgan fingerprint density at radius 3 is 2.17 bits per heavy atom. The second kappa shape index (κ2) is 10.5. The Morgan fingerprint density at radius 2 is 1.56 bits per heavy atom. The highest BCUT2D eigenvalue weighted by Crippen LogP contribution is 2.40. The van der Waals surface area contributed by atoms with Crippen molar-refractivity contribution in [3.63, 3.8) is 0 Å². The Balaban J connectivity index is 1.60. The fourth-order valence-electron chi connectivity index (χ4n) is 5.00. The van der Waals surface area contributed by atoms with E-state index >= 15 is 8.78 Å². The molecule has 0 bridgehead atoms. The first kappa shape index (κ1) is 26.0. The molecule has 0 radical (unpaired) electrons. The molecule has 192 valence electrons. The minimum absolute atomic E-state index is 0.0537. The normalized spacial score (nSPS) is 18.4. The van der Waals surface area contributed by atoms with Gasteiger partial charge in [0.25, 0.3) is 0 Å². The molecule has 1 saturated carbocycles. The van der Waals surface area contributed by atoms with Crippen LogP contribution in [0.2, 0.25) is 0 Å². The highest BCUT2D eigenvalue weighted by molar-refractivity contribution is 5.89. The standard InChI is InChI=1S/C28H25F7O/c1-2-3-4-16-5-7-17(8-6-16)19-12-22(29)25(23(30)13-19)18-9-10-21-20(11-18)14-24(31)27(26(21)32)36-15-28(33,34)35/h2,9-14,16-17H,1,3-8,15H2. The van der Waals surface area contributed by atoms with Gasteiger partial charge in [-0.25, -0.2) is 17.6 Å². The Labute approximate surface area is 204 Å². The van der Waals surface area contributed by atoms with Gasteiger partial charge < -0.3 is 4.74 Å². The molecule has 0 atom stereocenters. The summed E-state index contributed by atoms with van der Waals surface area (Å²) in [5.74, 6) is -4.76. The van der Waals surface area contributed by atoms with E-state index in [4.69, 9.17) is 0 Å². The lowest BCUT2D eigenvalue weighted by Gasteiger charge is -2.29. The first-order valence-corrected chi connectivity index (χ1v) is 11.8. The average Bonchev–Trinajstić information content (AvgIpc) is 2.81. The van der Waals surface area contributed by atoms with Gasteiger partial charge in [0.05, 0.1) is 5.56 Å². The third-order valence-electron chi connectivity index (χ3n) is 6.82. The van der Waals surface area contributed by atoms with Crippen molar-refractivity contribution in [1.29, 1.82) is 0 Å². The van der Waals surface area contributed by atoms with Crippen molar-refractivity contribution >= 4 is 10.8 Å². The van der Waals surface area contributed by atoms with Crippen LogP contribution in [0.1, 0.15) is 50.0 Å². The van der Waals surface area contributed by atoms with Gasteiger partial charge in [-0.2, -0.15) is 13.2 Å². The van der Waals surface area contributed by atoms with E-state index in [2.05, 4.69) is 11.3 Å². The summed E-state index contributed by atoms with van der Waals surface area (Å²) >= 11 is 0. The van der Waals surface area contributed by atoms with Crippen molar-refractivity contribution in [1.82, 2.24) is 0 Å². The zero-order valence-corrected chi connectivity index (χ0v) is 19.4. The Morgan fingerprint density at radius 1 is 0.889 bits per heavy atom. The number of ether oxygens (including phenoxy) is 1. The maximum absolute atomic E-state index is 15.1. The van der Waals surface area contributed by atoms with E-state index in [-0.39, 0.29) is 27.8 Å². The van der Waals surface area contributed by atoms with Gasteiger partial charge in [-0.3, -0.25) is 0 Å². The van der Waals surface area contributed by atoms with Gasteiger partial charge in [0.1, 0.15) is 11.6 Å². The second-order valence-corrected chi connectivity index (χ2v) is 9.28. The molecule has 3 aromatic carbocycles. The van der Waals surface area contributed by atoms with Gasteiger partial charge in [0.15, 0.2) is 24.0 Å². The van der Waals surface area contributed by atoms with Gasteiger partial charge in [-0.05, 0) is 91.1 Å². The summed E-state index contributed by atoms with van der Waals surface area (Å²) in [5, 5.41) is -0.300. The summed E-state index contributed by atoms with van der Waals surface area (Å²) < 4.78 is 101. The lowest BCUT2D eigenvalue weighted by atomic mass is 9.77. The highest BCUT2D eigenvalue weighted by atomic mass is 19.4. The molecule has 0 saturated heterocycles. The molecule has 0 N–H and O–H groups in total. The molecule has 0 aliphatic heterocycles. The summed E-state index contributed by atoms with van der Waals surface area (Å²) in [6.07, 6.45) is 2.79. The molecule has 0 aromatic heterocycles. The summed E-state index contributed by atoms with van der Waals surface area (Å²) in [5.41, 5.74) is 0.304. The summed E-state index contributed by atoms with van der Waals surface area (Å²) in [7, 11) is 0. The number of allylic oxidation sites excluding steroid dienone is 1. The quantitative estimate of drug-likeness (QED) is 0.227. The molecule has 36 heavy (non-hydrogen) atoms. The van der Waals surface area contributed by atoms with E-state index in [0.717, 1.165) is 50.7 Å². The minimum Gasteiger partial charge on any atom is -0.478 e. The number of halogens is 7. The second-order valence-electron chi connectivity index (χ2n) is 9.28. The molecule has 1 aliphatic carbocycles. The van der Waals surface area contributed by atoms with Crippen molar-refractivity contribution in [3.05, 3.63) is 77.9 Å². The molecule has 0 unspecified atom stereocenters. The van der Waals surface area contributed by atoms with Crippen molar-refractivity contribution in [2.75, 3.05) is 6.61 Å². The fraction of sp³-hybridized carbons (Fsp3) is 0.357. The lowest BCUT2D eigenvalue weighted by molar-refractivity contribution is -0.154. The monoisotopic (exact) mass is 510 g/mol. The maximum atomic E-state index is 15.1. The predicted molar refractivity (Wildman–Crippen MR) is 125 cm³/mol. The Hall–Kier alpha value is -3.03. The number of alkyl halides is 3. The summed E-state index contributed by atoms with van der Waals surface area (Å²) in [6.45, 7) is 1.88. The van der Waals surface area contributed by atoms with Crippen LogP contribution >= 0.6 is 0 Å². The van der Waals surface area contributed by atoms with Crippen LogP contribution in [0.5, 0.6) is 5.75 Å². The van der Waals surface area contributed by atoms with Crippen LogP contribution in [0.15, 0.2) is 49.1 Å². The molecular formula is C28H25F7O. The fourth-order valence-corrected chi connectivity index (χ4v) is 5.00. The van der Waals surface area contributed by atoms with Gasteiger partial charge in [0, 0.05) is 5.39 Å². The zero-order valence-electron chi connectivity index (χ0n) is 19.4. The molecule has 0 amide bonds.